The van der Waals surface area contributed by atoms with E-state index >= 15 is 0 Å². The molecule has 0 aliphatic carbocycles. The fourth-order valence-corrected chi connectivity index (χ4v) is 3.41. The van der Waals surface area contributed by atoms with Crippen molar-refractivity contribution in [3.8, 4) is 0 Å². The molecule has 0 spiro atoms. The van der Waals surface area contributed by atoms with Gasteiger partial charge in [-0.05, 0) is 19.3 Å². The molecule has 0 rings (SSSR count). The van der Waals surface area contributed by atoms with E-state index in [-0.39, 0.29) is 0 Å². The molecule has 0 aromatic heterocycles. The highest BCUT2D eigenvalue weighted by atomic mass is 16.5. The lowest BCUT2D eigenvalue weighted by molar-refractivity contribution is 0.108. The smallest absolute Gasteiger partial charge is 0.0859 e. The number of hydrogen-bond donors (Lipinski definition) is 0. The molecule has 2 nitrogen and oxygen atoms in total. The molecule has 0 aliphatic rings. The Morgan fingerprint density at radius 3 is 1.33 bits per heavy atom. The van der Waals surface area contributed by atoms with Crippen molar-refractivity contribution in [1.29, 1.82) is 0 Å². The number of unbranched alkanes of at least 4 members (excludes halogenated alkanes) is 16. The lowest BCUT2D eigenvalue weighted by atomic mass is 10.1. The maximum Gasteiger partial charge on any atom is 0.0859 e. The summed E-state index contributed by atoms with van der Waals surface area (Å²) in [4.78, 5) is 0. The van der Waals surface area contributed by atoms with Crippen molar-refractivity contribution in [2.45, 2.75) is 136 Å². The van der Waals surface area contributed by atoms with Gasteiger partial charge in [0.1, 0.15) is 0 Å². The summed E-state index contributed by atoms with van der Waals surface area (Å²) in [5.74, 6) is 0. The van der Waals surface area contributed by atoms with Gasteiger partial charge in [-0.25, -0.2) is 0 Å². The van der Waals surface area contributed by atoms with Gasteiger partial charge in [-0.1, -0.05) is 117 Å². The summed E-state index contributed by atoms with van der Waals surface area (Å²) in [5, 5.41) is 0. The minimum atomic E-state index is 0.814. The first-order valence-corrected chi connectivity index (χ1v) is 12.4. The van der Waals surface area contributed by atoms with E-state index in [0.29, 0.717) is 0 Å². The van der Waals surface area contributed by atoms with Crippen molar-refractivity contribution in [3.63, 3.8) is 0 Å². The molecule has 163 valence electrons. The molecule has 0 aromatic carbocycles. The first-order chi connectivity index (χ1) is 13.4. The van der Waals surface area contributed by atoms with Gasteiger partial charge in [0.25, 0.3) is 0 Å². The Labute approximate surface area is 172 Å². The van der Waals surface area contributed by atoms with Crippen LogP contribution in [-0.2, 0) is 9.47 Å². The Balaban J connectivity index is 2.95. The third-order valence-electron chi connectivity index (χ3n) is 5.26. The van der Waals surface area contributed by atoms with E-state index in [0.717, 1.165) is 26.2 Å². The molecule has 0 amide bonds. The minimum absolute atomic E-state index is 0.814. The van der Waals surface area contributed by atoms with Gasteiger partial charge in [-0.2, -0.15) is 0 Å². The highest BCUT2D eigenvalue weighted by Gasteiger charge is 1.95. The molecule has 27 heavy (non-hydrogen) atoms. The largest absolute Gasteiger partial charge is 0.381 e. The summed E-state index contributed by atoms with van der Waals surface area (Å²) in [6.07, 6.45) is 25.6. The summed E-state index contributed by atoms with van der Waals surface area (Å²) in [7, 11) is 0. The minimum Gasteiger partial charge on any atom is -0.381 e. The van der Waals surface area contributed by atoms with E-state index in [2.05, 4.69) is 13.8 Å². The molecule has 0 unspecified atom stereocenters. The van der Waals surface area contributed by atoms with Crippen LogP contribution in [0.2, 0.25) is 0 Å². The van der Waals surface area contributed by atoms with E-state index < -0.39 is 0 Å². The van der Waals surface area contributed by atoms with Crippen molar-refractivity contribution in [1.82, 2.24) is 0 Å². The van der Waals surface area contributed by atoms with E-state index in [1.54, 1.807) is 0 Å². The zero-order valence-electron chi connectivity index (χ0n) is 19.0. The van der Waals surface area contributed by atoms with Crippen LogP contribution in [0.25, 0.3) is 0 Å². The van der Waals surface area contributed by atoms with Crippen molar-refractivity contribution >= 4 is 0 Å². The van der Waals surface area contributed by atoms with Gasteiger partial charge in [0, 0.05) is 19.8 Å². The molecule has 0 aliphatic heterocycles. The molecule has 0 fully saturated rings. The van der Waals surface area contributed by atoms with Gasteiger partial charge in [0.2, 0.25) is 0 Å². The highest BCUT2D eigenvalue weighted by Crippen LogP contribution is 2.10. The first-order valence-electron chi connectivity index (χ1n) is 12.4. The molecule has 0 saturated carbocycles. The Morgan fingerprint density at radius 2 is 0.852 bits per heavy atom. The number of ether oxygens (including phenoxy) is 2. The normalized spacial score (nSPS) is 11.3. The lowest BCUT2D eigenvalue weighted by Crippen LogP contribution is -2.00. The van der Waals surface area contributed by atoms with Crippen molar-refractivity contribution in [2.75, 3.05) is 19.8 Å². The highest BCUT2D eigenvalue weighted by molar-refractivity contribution is 4.52. The molecule has 2 heteroatoms. The van der Waals surface area contributed by atoms with Gasteiger partial charge in [0.05, 0.1) is 6.61 Å². The van der Waals surface area contributed by atoms with Crippen LogP contribution >= 0.6 is 0 Å². The van der Waals surface area contributed by atoms with Crippen LogP contribution < -0.4 is 0 Å². The second-order valence-corrected chi connectivity index (χ2v) is 8.10. The van der Waals surface area contributed by atoms with Gasteiger partial charge in [0.15, 0.2) is 0 Å². The molecular formula is C25H51O2. The third-order valence-corrected chi connectivity index (χ3v) is 5.26. The quantitative estimate of drug-likeness (QED) is 0.155. The number of rotatable bonds is 24. The lowest BCUT2D eigenvalue weighted by Gasteiger charge is -2.06. The molecule has 1 radical (unpaired) electrons. The van der Waals surface area contributed by atoms with Crippen LogP contribution in [0.15, 0.2) is 0 Å². The molecule has 0 atom stereocenters. The van der Waals surface area contributed by atoms with Crippen LogP contribution in [0.5, 0.6) is 0 Å². The first kappa shape index (κ1) is 26.9. The van der Waals surface area contributed by atoms with E-state index in [9.17, 15) is 0 Å². The summed E-state index contributed by atoms with van der Waals surface area (Å²) >= 11 is 0. The predicted molar refractivity (Wildman–Crippen MR) is 120 cm³/mol. The van der Waals surface area contributed by atoms with Crippen LogP contribution in [0.1, 0.15) is 136 Å². The summed E-state index contributed by atoms with van der Waals surface area (Å²) in [6.45, 7) is 9.12. The Bertz CT molecular complexity index is 218. The molecule has 0 saturated heterocycles. The summed E-state index contributed by atoms with van der Waals surface area (Å²) in [5.41, 5.74) is 0. The maximum atomic E-state index is 5.68. The summed E-state index contributed by atoms with van der Waals surface area (Å²) < 4.78 is 11.3. The van der Waals surface area contributed by atoms with Crippen molar-refractivity contribution < 1.29 is 9.47 Å². The Morgan fingerprint density at radius 1 is 0.444 bits per heavy atom. The topological polar surface area (TPSA) is 18.5 Å². The average Bonchev–Trinajstić information content (AvgIpc) is 2.68. The van der Waals surface area contributed by atoms with E-state index in [1.165, 1.54) is 116 Å². The van der Waals surface area contributed by atoms with E-state index in [1.807, 2.05) is 6.61 Å². The molecular weight excluding hydrogens is 332 g/mol. The fraction of sp³-hybridized carbons (Fsp3) is 0.960. The van der Waals surface area contributed by atoms with Gasteiger partial charge < -0.3 is 9.47 Å². The Kier molecular flexibility index (Phi) is 25.8. The monoisotopic (exact) mass is 383 g/mol. The van der Waals surface area contributed by atoms with Crippen molar-refractivity contribution in [3.05, 3.63) is 6.61 Å². The van der Waals surface area contributed by atoms with Crippen LogP contribution in [0.3, 0.4) is 0 Å². The molecule has 0 heterocycles. The van der Waals surface area contributed by atoms with Gasteiger partial charge in [-0.3, -0.25) is 0 Å². The zero-order valence-corrected chi connectivity index (χ0v) is 19.0. The number of hydrogen-bond acceptors (Lipinski definition) is 2. The van der Waals surface area contributed by atoms with Crippen molar-refractivity contribution in [2.24, 2.45) is 0 Å². The third kappa shape index (κ3) is 25.9. The molecule has 0 aromatic rings. The fourth-order valence-electron chi connectivity index (χ4n) is 3.41. The van der Waals surface area contributed by atoms with Gasteiger partial charge in [-0.15, -0.1) is 0 Å². The molecule has 0 N–H and O–H groups in total. The second kappa shape index (κ2) is 25.9. The Hall–Kier alpha value is -0.0800. The second-order valence-electron chi connectivity index (χ2n) is 8.10. The predicted octanol–water partition coefficient (Wildman–Crippen LogP) is 8.63. The molecule has 0 bridgehead atoms. The standard InChI is InChI=1S/C25H51O2/c1-3-5-7-9-11-13-15-17-19-22-26-24-21-25-27-23-20-18-16-14-12-10-8-6-4-2/h24H,3-23,25H2,1-2H3. The van der Waals surface area contributed by atoms with E-state index in [4.69, 9.17) is 9.47 Å². The SMILES string of the molecule is CCCCCCCCCCCO[CH]CCOCCCCCCCCCCC. The average molecular weight is 384 g/mol. The maximum absolute atomic E-state index is 5.68. The van der Waals surface area contributed by atoms with Gasteiger partial charge >= 0.3 is 0 Å². The van der Waals surface area contributed by atoms with Crippen LogP contribution in [0.4, 0.5) is 0 Å². The van der Waals surface area contributed by atoms with Crippen LogP contribution in [-0.4, -0.2) is 19.8 Å². The summed E-state index contributed by atoms with van der Waals surface area (Å²) in [6, 6.07) is 0. The zero-order chi connectivity index (χ0) is 19.7. The van der Waals surface area contributed by atoms with Crippen LogP contribution in [0, 0.1) is 6.61 Å².